The smallest absolute Gasteiger partial charge is 0.339 e. The summed E-state index contributed by atoms with van der Waals surface area (Å²) < 4.78 is 27.8. The summed E-state index contributed by atoms with van der Waals surface area (Å²) in [6.07, 6.45) is 0. The highest BCUT2D eigenvalue weighted by atomic mass is 32.2. The zero-order valence-corrected chi connectivity index (χ0v) is 12.1. The lowest BCUT2D eigenvalue weighted by molar-refractivity contribution is 0.0692. The molecule has 0 unspecified atom stereocenters. The molecule has 2 N–H and O–H groups in total. The van der Waals surface area contributed by atoms with E-state index in [4.69, 9.17) is 9.84 Å². The van der Waals surface area contributed by atoms with E-state index in [1.807, 2.05) is 0 Å². The van der Waals surface area contributed by atoms with E-state index < -0.39 is 15.8 Å². The molecule has 0 heterocycles. The van der Waals surface area contributed by atoms with Gasteiger partial charge in [-0.15, -0.1) is 0 Å². The van der Waals surface area contributed by atoms with Crippen LogP contribution in [0.5, 0.6) is 5.75 Å². The highest BCUT2D eigenvalue weighted by Crippen LogP contribution is 2.17. The van der Waals surface area contributed by atoms with E-state index >= 15 is 0 Å². The number of aromatic carboxylic acids is 1. The van der Waals surface area contributed by atoms with Crippen LogP contribution < -0.4 is 10.1 Å². The van der Waals surface area contributed by atoms with Crippen LogP contribution in [0.15, 0.2) is 24.3 Å². The first kappa shape index (κ1) is 16.5. The molecule has 0 aliphatic rings. The van der Waals surface area contributed by atoms with Crippen LogP contribution in [0.3, 0.4) is 0 Å². The molecular formula is C13H19NO5S. The molecule has 0 fully saturated rings. The van der Waals surface area contributed by atoms with Gasteiger partial charge in [0.2, 0.25) is 0 Å². The Hall–Kier alpha value is -1.60. The monoisotopic (exact) mass is 301 g/mol. The van der Waals surface area contributed by atoms with Crippen molar-refractivity contribution >= 4 is 15.8 Å². The fourth-order valence-electron chi connectivity index (χ4n) is 1.50. The lowest BCUT2D eigenvalue weighted by Crippen LogP contribution is -2.27. The average molecular weight is 301 g/mol. The number of carboxylic acids is 1. The molecule has 0 atom stereocenters. The molecule has 1 aromatic rings. The van der Waals surface area contributed by atoms with Gasteiger partial charge in [0.25, 0.3) is 0 Å². The zero-order valence-electron chi connectivity index (χ0n) is 11.3. The Morgan fingerprint density at radius 3 is 2.65 bits per heavy atom. The van der Waals surface area contributed by atoms with Gasteiger partial charge in [0.05, 0.1) is 5.75 Å². The Balaban J connectivity index is 2.30. The Morgan fingerprint density at radius 1 is 1.30 bits per heavy atom. The number of rotatable bonds is 9. The number of carboxylic acid groups (broad SMARTS) is 1. The first-order valence-corrected chi connectivity index (χ1v) is 8.14. The van der Waals surface area contributed by atoms with E-state index in [1.165, 1.54) is 6.07 Å². The van der Waals surface area contributed by atoms with Crippen LogP contribution in [0.25, 0.3) is 0 Å². The molecule has 0 radical (unpaired) electrons. The lowest BCUT2D eigenvalue weighted by atomic mass is 10.2. The maximum atomic E-state index is 11.2. The van der Waals surface area contributed by atoms with Gasteiger partial charge in [-0.3, -0.25) is 0 Å². The van der Waals surface area contributed by atoms with Crippen LogP contribution in [-0.4, -0.2) is 50.7 Å². The van der Waals surface area contributed by atoms with Gasteiger partial charge in [-0.2, -0.15) is 0 Å². The number of para-hydroxylation sites is 1. The predicted molar refractivity (Wildman–Crippen MR) is 76.1 cm³/mol. The van der Waals surface area contributed by atoms with Crippen molar-refractivity contribution in [1.82, 2.24) is 5.32 Å². The van der Waals surface area contributed by atoms with Gasteiger partial charge in [0, 0.05) is 18.8 Å². The third-order valence-corrected chi connectivity index (χ3v) is 4.39. The van der Waals surface area contributed by atoms with E-state index in [1.54, 1.807) is 25.1 Å². The highest BCUT2D eigenvalue weighted by molar-refractivity contribution is 7.91. The van der Waals surface area contributed by atoms with Gasteiger partial charge < -0.3 is 15.2 Å². The van der Waals surface area contributed by atoms with Crippen LogP contribution in [0.2, 0.25) is 0 Å². The fraction of sp³-hybridized carbons (Fsp3) is 0.462. The molecule has 0 amide bonds. The Bertz CT molecular complexity index is 541. The second kappa shape index (κ2) is 7.86. The van der Waals surface area contributed by atoms with Crippen molar-refractivity contribution in [2.24, 2.45) is 0 Å². The number of sulfone groups is 1. The minimum absolute atomic E-state index is 0.0925. The number of nitrogens with one attached hydrogen (secondary N) is 1. The van der Waals surface area contributed by atoms with Crippen LogP contribution in [0, 0.1) is 0 Å². The maximum absolute atomic E-state index is 11.2. The molecule has 0 aliphatic carbocycles. The van der Waals surface area contributed by atoms with E-state index in [-0.39, 0.29) is 23.7 Å². The van der Waals surface area contributed by atoms with Crippen molar-refractivity contribution < 1.29 is 23.1 Å². The third kappa shape index (κ3) is 5.58. The molecule has 0 aromatic heterocycles. The standard InChI is InChI=1S/C13H19NO5S/c1-2-20(17,18)10-8-14-7-9-19-12-6-4-3-5-11(12)13(15)16/h3-6,14H,2,7-10H2,1H3,(H,15,16). The summed E-state index contributed by atoms with van der Waals surface area (Å²) in [7, 11) is -2.96. The first-order valence-electron chi connectivity index (χ1n) is 6.32. The third-order valence-electron chi connectivity index (χ3n) is 2.68. The van der Waals surface area contributed by atoms with E-state index in [9.17, 15) is 13.2 Å². The number of hydrogen-bond donors (Lipinski definition) is 2. The second-order valence-electron chi connectivity index (χ2n) is 4.14. The lowest BCUT2D eigenvalue weighted by Gasteiger charge is -2.09. The van der Waals surface area contributed by atoms with Crippen molar-refractivity contribution in [1.29, 1.82) is 0 Å². The Kier molecular flexibility index (Phi) is 6.47. The molecule has 0 saturated carbocycles. The summed E-state index contributed by atoms with van der Waals surface area (Å²) >= 11 is 0. The molecule has 112 valence electrons. The Labute approximate surface area is 118 Å². The summed E-state index contributed by atoms with van der Waals surface area (Å²) in [4.78, 5) is 10.9. The summed E-state index contributed by atoms with van der Waals surface area (Å²) in [5.41, 5.74) is 0.112. The molecule has 1 rings (SSSR count). The van der Waals surface area contributed by atoms with Crippen LogP contribution in [0.1, 0.15) is 17.3 Å². The highest BCUT2D eigenvalue weighted by Gasteiger charge is 2.10. The number of hydrogen-bond acceptors (Lipinski definition) is 5. The first-order chi connectivity index (χ1) is 9.46. The number of ether oxygens (including phenoxy) is 1. The van der Waals surface area contributed by atoms with Gasteiger partial charge in [0.1, 0.15) is 17.9 Å². The van der Waals surface area contributed by atoms with Crippen LogP contribution >= 0.6 is 0 Å². The van der Waals surface area contributed by atoms with E-state index in [0.717, 1.165) is 0 Å². The number of carbonyl (C=O) groups is 1. The van der Waals surface area contributed by atoms with Crippen molar-refractivity contribution in [3.63, 3.8) is 0 Å². The molecule has 0 aliphatic heterocycles. The summed E-state index contributed by atoms with van der Waals surface area (Å²) in [6, 6.07) is 6.39. The molecule has 0 bridgehead atoms. The average Bonchev–Trinajstić information content (AvgIpc) is 2.43. The largest absolute Gasteiger partial charge is 0.491 e. The topological polar surface area (TPSA) is 92.7 Å². The fourth-order valence-corrected chi connectivity index (χ4v) is 2.24. The van der Waals surface area contributed by atoms with E-state index in [2.05, 4.69) is 5.32 Å². The molecule has 1 aromatic carbocycles. The van der Waals surface area contributed by atoms with Crippen molar-refractivity contribution in [2.75, 3.05) is 31.2 Å². The second-order valence-corrected chi connectivity index (χ2v) is 6.61. The summed E-state index contributed by atoms with van der Waals surface area (Å²) in [5.74, 6) is -0.502. The molecule has 6 nitrogen and oxygen atoms in total. The molecule has 0 saturated heterocycles. The van der Waals surface area contributed by atoms with Crippen LogP contribution in [0.4, 0.5) is 0 Å². The maximum Gasteiger partial charge on any atom is 0.339 e. The summed E-state index contributed by atoms with van der Waals surface area (Å²) in [6.45, 7) is 2.70. The van der Waals surface area contributed by atoms with Gasteiger partial charge >= 0.3 is 5.97 Å². The SMILES string of the molecule is CCS(=O)(=O)CCNCCOc1ccccc1C(=O)O. The normalized spacial score (nSPS) is 11.2. The zero-order chi connectivity index (χ0) is 15.0. The van der Waals surface area contributed by atoms with Crippen molar-refractivity contribution in [2.45, 2.75) is 6.92 Å². The molecule has 20 heavy (non-hydrogen) atoms. The van der Waals surface area contributed by atoms with Gasteiger partial charge in [-0.1, -0.05) is 19.1 Å². The minimum Gasteiger partial charge on any atom is -0.491 e. The van der Waals surface area contributed by atoms with Gasteiger partial charge in [-0.05, 0) is 12.1 Å². The van der Waals surface area contributed by atoms with Gasteiger partial charge in [0.15, 0.2) is 9.84 Å². The minimum atomic E-state index is -2.96. The molecule has 0 spiro atoms. The summed E-state index contributed by atoms with van der Waals surface area (Å²) in [5, 5.41) is 11.9. The van der Waals surface area contributed by atoms with E-state index in [0.29, 0.717) is 18.8 Å². The molecular weight excluding hydrogens is 282 g/mol. The van der Waals surface area contributed by atoms with Crippen molar-refractivity contribution in [3.05, 3.63) is 29.8 Å². The van der Waals surface area contributed by atoms with Crippen molar-refractivity contribution in [3.8, 4) is 5.75 Å². The predicted octanol–water partition coefficient (Wildman–Crippen LogP) is 0.788. The Morgan fingerprint density at radius 2 is 2.00 bits per heavy atom. The van der Waals surface area contributed by atoms with Crippen LogP contribution in [-0.2, 0) is 9.84 Å². The number of benzene rings is 1. The molecule has 7 heteroatoms. The quantitative estimate of drug-likeness (QED) is 0.655. The van der Waals surface area contributed by atoms with Gasteiger partial charge in [-0.25, -0.2) is 13.2 Å².